The minimum absolute atomic E-state index is 0.183. The minimum Gasteiger partial charge on any atom is -0.300 e. The molecular weight excluding hydrogens is 132 g/mol. The van der Waals surface area contributed by atoms with Crippen molar-refractivity contribution >= 4 is 12.1 Å². The fourth-order valence-corrected chi connectivity index (χ4v) is 0.612. The van der Waals surface area contributed by atoms with Gasteiger partial charge in [-0.05, 0) is 6.92 Å². The van der Waals surface area contributed by atoms with Crippen molar-refractivity contribution < 1.29 is 4.79 Å². The molecule has 5 heteroatoms. The van der Waals surface area contributed by atoms with Crippen LogP contribution in [0.5, 0.6) is 0 Å². The van der Waals surface area contributed by atoms with Gasteiger partial charge in [0.15, 0.2) is 0 Å². The van der Waals surface area contributed by atoms with Crippen LogP contribution in [0.3, 0.4) is 0 Å². The molecule has 0 spiro atoms. The lowest BCUT2D eigenvalue weighted by atomic mass is 10.3. The van der Waals surface area contributed by atoms with E-state index in [1.807, 2.05) is 0 Å². The highest BCUT2D eigenvalue weighted by molar-refractivity contribution is 5.75. The maximum atomic E-state index is 10.5. The van der Waals surface area contributed by atoms with Crippen LogP contribution in [-0.2, 0) is 4.79 Å². The van der Waals surface area contributed by atoms with Crippen LogP contribution in [-0.4, -0.2) is 23.7 Å². The average molecular weight is 142 g/mol. The lowest BCUT2D eigenvalue weighted by Crippen LogP contribution is -2.38. The molecule has 0 fully saturated rings. The van der Waals surface area contributed by atoms with Gasteiger partial charge in [0, 0.05) is 13.0 Å². The summed E-state index contributed by atoms with van der Waals surface area (Å²) < 4.78 is 0. The molecule has 0 saturated carbocycles. The quantitative estimate of drug-likeness (QED) is 0.543. The molecule has 0 aromatic rings. The molecular formula is C5H10N4O. The second-order valence-electron chi connectivity index (χ2n) is 2.11. The van der Waals surface area contributed by atoms with E-state index in [4.69, 9.17) is 0 Å². The summed E-state index contributed by atoms with van der Waals surface area (Å²) >= 11 is 0. The van der Waals surface area contributed by atoms with E-state index in [2.05, 4.69) is 16.2 Å². The molecule has 0 radical (unpaired) electrons. The normalized spacial score (nSPS) is 15.5. The van der Waals surface area contributed by atoms with Crippen molar-refractivity contribution in [2.24, 2.45) is 5.10 Å². The number of carbonyl (C=O) groups excluding carboxylic acids is 1. The number of hydrogen-bond donors (Lipinski definition) is 2. The molecule has 1 rings (SSSR count). The Kier molecular flexibility index (Phi) is 2.22. The first-order valence-electron chi connectivity index (χ1n) is 3.09. The molecule has 0 aliphatic carbocycles. The summed E-state index contributed by atoms with van der Waals surface area (Å²) in [6, 6.07) is 0. The number of rotatable bonds is 3. The lowest BCUT2D eigenvalue weighted by Gasteiger charge is -2.10. The fraction of sp³-hybridized carbons (Fsp3) is 0.600. The maximum Gasteiger partial charge on any atom is 0.131 e. The van der Waals surface area contributed by atoms with E-state index in [0.29, 0.717) is 13.0 Å². The summed E-state index contributed by atoms with van der Waals surface area (Å²) in [7, 11) is 0. The van der Waals surface area contributed by atoms with Crippen LogP contribution in [0.25, 0.3) is 0 Å². The van der Waals surface area contributed by atoms with Gasteiger partial charge in [-0.2, -0.15) is 5.10 Å². The van der Waals surface area contributed by atoms with Crippen molar-refractivity contribution in [3.8, 4) is 0 Å². The summed E-state index contributed by atoms with van der Waals surface area (Å²) in [4.78, 5) is 10.5. The van der Waals surface area contributed by atoms with Crippen LogP contribution in [0.1, 0.15) is 13.3 Å². The molecule has 0 aromatic carbocycles. The molecule has 5 nitrogen and oxygen atoms in total. The van der Waals surface area contributed by atoms with Crippen LogP contribution in [0.2, 0.25) is 0 Å². The zero-order chi connectivity index (χ0) is 7.40. The van der Waals surface area contributed by atoms with E-state index in [-0.39, 0.29) is 5.78 Å². The second kappa shape index (κ2) is 3.17. The van der Waals surface area contributed by atoms with Gasteiger partial charge in [0.25, 0.3) is 0 Å². The van der Waals surface area contributed by atoms with Gasteiger partial charge in [0.05, 0.1) is 0 Å². The molecule has 2 N–H and O–H groups in total. The van der Waals surface area contributed by atoms with Crippen molar-refractivity contribution in [3.63, 3.8) is 0 Å². The number of carbonyl (C=O) groups is 1. The molecule has 1 heterocycles. The maximum absolute atomic E-state index is 10.5. The molecule has 0 unspecified atom stereocenters. The van der Waals surface area contributed by atoms with Crippen LogP contribution in [0.15, 0.2) is 5.10 Å². The van der Waals surface area contributed by atoms with Gasteiger partial charge in [0.2, 0.25) is 0 Å². The molecule has 0 saturated heterocycles. The third-order valence-electron chi connectivity index (χ3n) is 1.16. The van der Waals surface area contributed by atoms with Gasteiger partial charge in [-0.25, -0.2) is 5.53 Å². The Morgan fingerprint density at radius 1 is 1.80 bits per heavy atom. The molecule has 10 heavy (non-hydrogen) atoms. The number of hydrogen-bond acceptors (Lipinski definition) is 5. The Bertz CT molecular complexity index is 156. The SMILES string of the molecule is CC(=O)CCN1C=NNN1. The smallest absolute Gasteiger partial charge is 0.131 e. The third kappa shape index (κ3) is 2.02. The number of nitrogens with one attached hydrogen (secondary N) is 2. The minimum atomic E-state index is 0.183. The topological polar surface area (TPSA) is 56.7 Å². The molecule has 0 aromatic heterocycles. The Labute approximate surface area is 59.0 Å². The number of hydrazine groups is 2. The average Bonchev–Trinajstić information content (AvgIpc) is 2.34. The largest absolute Gasteiger partial charge is 0.300 e. The zero-order valence-electron chi connectivity index (χ0n) is 5.79. The van der Waals surface area contributed by atoms with E-state index >= 15 is 0 Å². The van der Waals surface area contributed by atoms with Gasteiger partial charge in [-0.1, -0.05) is 0 Å². The molecule has 0 atom stereocenters. The van der Waals surface area contributed by atoms with E-state index < -0.39 is 0 Å². The summed E-state index contributed by atoms with van der Waals surface area (Å²) in [6.45, 7) is 2.23. The van der Waals surface area contributed by atoms with Crippen molar-refractivity contribution in [3.05, 3.63) is 0 Å². The first kappa shape index (κ1) is 7.01. The first-order valence-corrected chi connectivity index (χ1v) is 3.09. The number of nitrogens with zero attached hydrogens (tertiary/aromatic N) is 2. The van der Waals surface area contributed by atoms with Gasteiger partial charge in [-0.3, -0.25) is 9.80 Å². The summed E-state index contributed by atoms with van der Waals surface area (Å²) in [5.41, 5.74) is 5.25. The number of Topliss-reactive ketones (excluding diaryl/α,β-unsaturated/α-hetero) is 1. The van der Waals surface area contributed by atoms with Crippen LogP contribution in [0.4, 0.5) is 0 Å². The van der Waals surface area contributed by atoms with Gasteiger partial charge in [0.1, 0.15) is 12.1 Å². The highest BCUT2D eigenvalue weighted by atomic mass is 16.1. The van der Waals surface area contributed by atoms with Crippen molar-refractivity contribution in [1.82, 2.24) is 16.1 Å². The van der Waals surface area contributed by atoms with Crippen molar-refractivity contribution in [1.29, 1.82) is 0 Å². The predicted octanol–water partition coefficient (Wildman–Crippen LogP) is -0.766. The molecule has 0 amide bonds. The van der Waals surface area contributed by atoms with E-state index in [1.54, 1.807) is 18.3 Å². The highest BCUT2D eigenvalue weighted by Crippen LogP contribution is 1.87. The van der Waals surface area contributed by atoms with Crippen LogP contribution in [0, 0.1) is 0 Å². The number of hydrazone groups is 1. The van der Waals surface area contributed by atoms with E-state index in [9.17, 15) is 4.79 Å². The predicted molar refractivity (Wildman–Crippen MR) is 36.8 cm³/mol. The Hall–Kier alpha value is -1.10. The number of ketones is 1. The summed E-state index contributed by atoms with van der Waals surface area (Å²) in [5, 5.41) is 5.38. The Balaban J connectivity index is 2.13. The monoisotopic (exact) mass is 142 g/mol. The van der Waals surface area contributed by atoms with Crippen LogP contribution >= 0.6 is 0 Å². The first-order chi connectivity index (χ1) is 4.79. The fourth-order valence-electron chi connectivity index (χ4n) is 0.612. The van der Waals surface area contributed by atoms with Crippen molar-refractivity contribution in [2.45, 2.75) is 13.3 Å². The zero-order valence-corrected chi connectivity index (χ0v) is 5.79. The lowest BCUT2D eigenvalue weighted by molar-refractivity contribution is -0.117. The van der Waals surface area contributed by atoms with Gasteiger partial charge in [-0.15, -0.1) is 5.53 Å². The molecule has 1 aliphatic heterocycles. The van der Waals surface area contributed by atoms with Gasteiger partial charge < -0.3 is 0 Å². The summed E-state index contributed by atoms with van der Waals surface area (Å²) in [6.07, 6.45) is 2.14. The Morgan fingerprint density at radius 3 is 3.10 bits per heavy atom. The standard InChI is InChI=1S/C5H10N4O/c1-5(10)2-3-9-4-6-7-8-9/h4,7-8H,2-3H2,1H3. The van der Waals surface area contributed by atoms with Crippen LogP contribution < -0.4 is 11.1 Å². The van der Waals surface area contributed by atoms with Crippen molar-refractivity contribution in [2.75, 3.05) is 6.54 Å². The van der Waals surface area contributed by atoms with E-state index in [1.165, 1.54) is 0 Å². The van der Waals surface area contributed by atoms with E-state index in [0.717, 1.165) is 0 Å². The molecule has 0 bridgehead atoms. The summed E-state index contributed by atoms with van der Waals surface area (Å²) in [5.74, 6) is 0.183. The van der Waals surface area contributed by atoms with Gasteiger partial charge >= 0.3 is 0 Å². The highest BCUT2D eigenvalue weighted by Gasteiger charge is 2.03. The third-order valence-corrected chi connectivity index (χ3v) is 1.16. The molecule has 56 valence electrons. The molecule has 1 aliphatic rings. The second-order valence-corrected chi connectivity index (χ2v) is 2.11. The Morgan fingerprint density at radius 2 is 2.60 bits per heavy atom.